The fraction of sp³-hybridized carbons (Fsp3) is 0.381. The maximum Gasteiger partial charge on any atom is 0.261 e. The van der Waals surface area contributed by atoms with Crippen molar-refractivity contribution in [3.63, 3.8) is 0 Å². The van der Waals surface area contributed by atoms with Gasteiger partial charge in [-0.05, 0) is 68.4 Å². The van der Waals surface area contributed by atoms with Gasteiger partial charge in [-0.1, -0.05) is 36.4 Å². The Bertz CT molecular complexity index is 738. The molecule has 0 bridgehead atoms. The molecule has 0 spiro atoms. The van der Waals surface area contributed by atoms with E-state index in [0.29, 0.717) is 0 Å². The lowest BCUT2D eigenvalue weighted by Crippen LogP contribution is -2.39. The van der Waals surface area contributed by atoms with Crippen molar-refractivity contribution >= 4 is 5.91 Å². The number of fused-ring (bicyclic) bond motifs is 1. The van der Waals surface area contributed by atoms with Crippen LogP contribution >= 0.6 is 0 Å². The van der Waals surface area contributed by atoms with Crippen LogP contribution in [-0.2, 0) is 11.2 Å². The second kappa shape index (κ2) is 7.08. The summed E-state index contributed by atoms with van der Waals surface area (Å²) in [6.07, 6.45) is 2.67. The first-order valence-corrected chi connectivity index (χ1v) is 8.66. The minimum atomic E-state index is -0.514. The minimum absolute atomic E-state index is 0.0578. The van der Waals surface area contributed by atoms with Crippen LogP contribution in [0.15, 0.2) is 42.5 Å². The molecule has 126 valence electrons. The SMILES string of the molecule is Cc1ccc(C)c(O[C@H](C)C(=O)N[C@H]2CCCc3ccccc32)c1. The number of nitrogens with one attached hydrogen (secondary N) is 1. The summed E-state index contributed by atoms with van der Waals surface area (Å²) in [6, 6.07) is 14.5. The molecule has 0 heterocycles. The van der Waals surface area contributed by atoms with Gasteiger partial charge in [-0.15, -0.1) is 0 Å². The summed E-state index contributed by atoms with van der Waals surface area (Å²) < 4.78 is 5.91. The van der Waals surface area contributed by atoms with Crippen LogP contribution in [0.25, 0.3) is 0 Å². The van der Waals surface area contributed by atoms with E-state index in [9.17, 15) is 4.79 Å². The number of rotatable bonds is 4. The molecule has 1 aliphatic rings. The van der Waals surface area contributed by atoms with Crippen molar-refractivity contribution in [2.75, 3.05) is 0 Å². The molecule has 0 aromatic heterocycles. The van der Waals surface area contributed by atoms with Gasteiger partial charge in [0.25, 0.3) is 5.91 Å². The van der Waals surface area contributed by atoms with Gasteiger partial charge in [-0.2, -0.15) is 0 Å². The lowest BCUT2D eigenvalue weighted by molar-refractivity contribution is -0.128. The van der Waals surface area contributed by atoms with Crippen molar-refractivity contribution in [2.45, 2.75) is 52.2 Å². The smallest absolute Gasteiger partial charge is 0.261 e. The number of hydrogen-bond donors (Lipinski definition) is 1. The molecular weight excluding hydrogens is 298 g/mol. The first-order valence-electron chi connectivity index (χ1n) is 8.66. The predicted molar refractivity (Wildman–Crippen MR) is 96.3 cm³/mol. The van der Waals surface area contributed by atoms with Crippen LogP contribution in [0, 0.1) is 13.8 Å². The van der Waals surface area contributed by atoms with Gasteiger partial charge in [0, 0.05) is 0 Å². The topological polar surface area (TPSA) is 38.3 Å². The second-order valence-corrected chi connectivity index (χ2v) is 6.68. The zero-order valence-electron chi connectivity index (χ0n) is 14.6. The largest absolute Gasteiger partial charge is 0.481 e. The van der Waals surface area contributed by atoms with Crippen LogP contribution in [0.2, 0.25) is 0 Å². The third-order valence-electron chi connectivity index (χ3n) is 4.70. The van der Waals surface area contributed by atoms with Crippen LogP contribution in [-0.4, -0.2) is 12.0 Å². The van der Waals surface area contributed by atoms with Crippen LogP contribution in [0.4, 0.5) is 0 Å². The number of carbonyl (C=O) groups excluding carboxylic acids is 1. The van der Waals surface area contributed by atoms with Gasteiger partial charge in [-0.25, -0.2) is 0 Å². The van der Waals surface area contributed by atoms with Gasteiger partial charge in [0.05, 0.1) is 6.04 Å². The van der Waals surface area contributed by atoms with E-state index in [0.717, 1.165) is 36.1 Å². The molecule has 3 rings (SSSR count). The monoisotopic (exact) mass is 323 g/mol. The van der Waals surface area contributed by atoms with Crippen LogP contribution in [0.5, 0.6) is 5.75 Å². The Hall–Kier alpha value is -2.29. The highest BCUT2D eigenvalue weighted by Crippen LogP contribution is 2.29. The highest BCUT2D eigenvalue weighted by molar-refractivity contribution is 5.81. The molecule has 24 heavy (non-hydrogen) atoms. The molecule has 0 fully saturated rings. The summed E-state index contributed by atoms with van der Waals surface area (Å²) in [6.45, 7) is 5.83. The van der Waals surface area contributed by atoms with E-state index in [-0.39, 0.29) is 11.9 Å². The molecule has 3 nitrogen and oxygen atoms in total. The number of amides is 1. The molecule has 0 radical (unpaired) electrons. The Morgan fingerprint density at radius 1 is 1.21 bits per heavy atom. The zero-order valence-corrected chi connectivity index (χ0v) is 14.6. The molecule has 2 atom stereocenters. The molecule has 0 unspecified atom stereocenters. The van der Waals surface area contributed by atoms with E-state index in [1.54, 1.807) is 0 Å². The lowest BCUT2D eigenvalue weighted by atomic mass is 9.87. The van der Waals surface area contributed by atoms with E-state index in [1.165, 1.54) is 11.1 Å². The van der Waals surface area contributed by atoms with Crippen molar-refractivity contribution in [1.29, 1.82) is 0 Å². The number of carbonyl (C=O) groups is 1. The maximum absolute atomic E-state index is 12.6. The lowest BCUT2D eigenvalue weighted by Gasteiger charge is -2.27. The van der Waals surface area contributed by atoms with E-state index in [4.69, 9.17) is 4.74 Å². The average Bonchev–Trinajstić information content (AvgIpc) is 2.58. The molecular formula is C21H25NO2. The summed E-state index contributed by atoms with van der Waals surface area (Å²) in [5.41, 5.74) is 4.76. The molecule has 0 aliphatic heterocycles. The van der Waals surface area contributed by atoms with E-state index in [2.05, 4.69) is 23.5 Å². The van der Waals surface area contributed by atoms with Gasteiger partial charge in [0.15, 0.2) is 6.10 Å². The third-order valence-corrected chi connectivity index (χ3v) is 4.70. The van der Waals surface area contributed by atoms with Crippen molar-refractivity contribution in [1.82, 2.24) is 5.32 Å². The molecule has 0 saturated carbocycles. The van der Waals surface area contributed by atoms with Crippen molar-refractivity contribution in [2.24, 2.45) is 0 Å². The first-order chi connectivity index (χ1) is 11.5. The number of aryl methyl sites for hydroxylation is 3. The Balaban J connectivity index is 1.68. The van der Waals surface area contributed by atoms with Gasteiger partial charge in [-0.3, -0.25) is 4.79 Å². The standard InChI is InChI=1S/C21H25NO2/c1-14-11-12-15(2)20(13-14)24-16(3)21(23)22-19-10-6-8-17-7-4-5-9-18(17)19/h4-5,7,9,11-13,16,19H,6,8,10H2,1-3H3,(H,22,23)/t16-,19+/m1/s1. The molecule has 1 amide bonds. The Labute approximate surface area is 144 Å². The number of ether oxygens (including phenoxy) is 1. The number of benzene rings is 2. The van der Waals surface area contributed by atoms with Crippen molar-refractivity contribution in [3.8, 4) is 5.75 Å². The summed E-state index contributed by atoms with van der Waals surface area (Å²) in [5, 5.41) is 3.17. The zero-order chi connectivity index (χ0) is 17.1. The molecule has 1 aliphatic carbocycles. The Kier molecular flexibility index (Phi) is 4.89. The van der Waals surface area contributed by atoms with Crippen LogP contribution in [0.1, 0.15) is 48.1 Å². The van der Waals surface area contributed by atoms with E-state index < -0.39 is 6.10 Å². The Morgan fingerprint density at radius 3 is 2.83 bits per heavy atom. The fourth-order valence-electron chi connectivity index (χ4n) is 3.27. The van der Waals surface area contributed by atoms with E-state index >= 15 is 0 Å². The normalized spacial score (nSPS) is 17.7. The number of hydrogen-bond acceptors (Lipinski definition) is 2. The van der Waals surface area contributed by atoms with E-state index in [1.807, 2.05) is 45.0 Å². The molecule has 2 aromatic rings. The van der Waals surface area contributed by atoms with Crippen molar-refractivity contribution in [3.05, 3.63) is 64.7 Å². The average molecular weight is 323 g/mol. The third kappa shape index (κ3) is 3.61. The molecule has 0 saturated heterocycles. The minimum Gasteiger partial charge on any atom is -0.481 e. The molecule has 3 heteroatoms. The second-order valence-electron chi connectivity index (χ2n) is 6.68. The van der Waals surface area contributed by atoms with Gasteiger partial charge < -0.3 is 10.1 Å². The summed E-state index contributed by atoms with van der Waals surface area (Å²) in [4.78, 5) is 12.6. The summed E-state index contributed by atoms with van der Waals surface area (Å²) >= 11 is 0. The predicted octanol–water partition coefficient (Wildman–Crippen LogP) is 4.26. The van der Waals surface area contributed by atoms with Gasteiger partial charge in [0.1, 0.15) is 5.75 Å². The summed E-state index contributed by atoms with van der Waals surface area (Å²) in [7, 11) is 0. The Morgan fingerprint density at radius 2 is 2.00 bits per heavy atom. The van der Waals surface area contributed by atoms with Gasteiger partial charge >= 0.3 is 0 Å². The quantitative estimate of drug-likeness (QED) is 0.913. The van der Waals surface area contributed by atoms with Crippen molar-refractivity contribution < 1.29 is 9.53 Å². The van der Waals surface area contributed by atoms with Gasteiger partial charge in [0.2, 0.25) is 0 Å². The highest BCUT2D eigenvalue weighted by Gasteiger charge is 2.24. The molecule has 1 N–H and O–H groups in total. The highest BCUT2D eigenvalue weighted by atomic mass is 16.5. The molecule has 2 aromatic carbocycles. The maximum atomic E-state index is 12.6. The fourth-order valence-corrected chi connectivity index (χ4v) is 3.27. The summed E-state index contributed by atoms with van der Waals surface area (Å²) in [5.74, 6) is 0.722. The first kappa shape index (κ1) is 16.6. The van der Waals surface area contributed by atoms with Crippen LogP contribution < -0.4 is 10.1 Å². The van der Waals surface area contributed by atoms with Crippen LogP contribution in [0.3, 0.4) is 0 Å².